The molecule has 0 fully saturated rings. The summed E-state index contributed by atoms with van der Waals surface area (Å²) in [5, 5.41) is 0. The zero-order valence-electron chi connectivity index (χ0n) is 19.7. The zero-order chi connectivity index (χ0) is 20.7. The van der Waals surface area contributed by atoms with Gasteiger partial charge in [0.15, 0.2) is 0 Å². The molecule has 1 nitrogen and oxygen atoms in total. The fourth-order valence-corrected chi connectivity index (χ4v) is 9.27. The van der Waals surface area contributed by atoms with Crippen molar-refractivity contribution in [2.45, 2.75) is 110 Å². The molecular formula is C25H46NPTi. The fourth-order valence-electron chi connectivity index (χ4n) is 3.72. The molecule has 0 amide bonds. The van der Waals surface area contributed by atoms with Crippen LogP contribution in [0.2, 0.25) is 0 Å². The Labute approximate surface area is 192 Å². The zero-order valence-corrected chi connectivity index (χ0v) is 22.2. The summed E-state index contributed by atoms with van der Waals surface area (Å²) in [5.41, 5.74) is 3.57. The van der Waals surface area contributed by atoms with Gasteiger partial charge in [-0.05, 0) is 55.8 Å². The first-order chi connectivity index (χ1) is 12.9. The van der Waals surface area contributed by atoms with Crippen LogP contribution < -0.4 is 0 Å². The first-order valence-corrected chi connectivity index (χ1v) is 13.1. The van der Waals surface area contributed by atoms with Crippen LogP contribution in [0.4, 0.5) is 0 Å². The first kappa shape index (κ1) is 30.1. The molecule has 3 heteroatoms. The van der Waals surface area contributed by atoms with Crippen molar-refractivity contribution in [2.24, 2.45) is 4.74 Å². The summed E-state index contributed by atoms with van der Waals surface area (Å²) >= 11 is 0. The molecule has 0 saturated heterocycles. The van der Waals surface area contributed by atoms with Crippen molar-refractivity contribution < 1.29 is 21.7 Å². The third-order valence-corrected chi connectivity index (χ3v) is 11.9. The molecular weight excluding hydrogens is 393 g/mol. The van der Waals surface area contributed by atoms with Crippen LogP contribution in [0.15, 0.2) is 53.5 Å². The second-order valence-corrected chi connectivity index (χ2v) is 12.2. The van der Waals surface area contributed by atoms with Gasteiger partial charge in [0.1, 0.15) is 0 Å². The van der Waals surface area contributed by atoms with Crippen LogP contribution in [0.1, 0.15) is 93.4 Å². The number of hydrogen-bond acceptors (Lipinski definition) is 1. The van der Waals surface area contributed by atoms with Gasteiger partial charge >= 0.3 is 0 Å². The minimum atomic E-state index is -1.30. The van der Waals surface area contributed by atoms with Gasteiger partial charge < -0.3 is 0 Å². The van der Waals surface area contributed by atoms with Crippen LogP contribution in [0.3, 0.4) is 0 Å². The van der Waals surface area contributed by atoms with E-state index in [1.165, 1.54) is 44.2 Å². The van der Waals surface area contributed by atoms with Crippen molar-refractivity contribution in [3.8, 4) is 0 Å². The Hall–Kier alpha value is -0.0957. The Morgan fingerprint density at radius 2 is 1.57 bits per heavy atom. The Balaban J connectivity index is 0. The molecule has 0 saturated carbocycles. The summed E-state index contributed by atoms with van der Waals surface area (Å²) in [6.07, 6.45) is 21.2. The maximum Gasteiger partial charge on any atom is 0.0425 e. The van der Waals surface area contributed by atoms with Crippen molar-refractivity contribution >= 4 is 7.05 Å². The molecule has 1 aliphatic rings. The standard InChI is InChI=1S/C17H32NP.C8H14.Ti/c1-7-14(4)19(15(5)8-2,16(6)9-3)18-17-12-10-11-13-17;1-3-5-7-8-6-4-2;/h10-12,14-16H,7-9,13H2,1-6H3;3,5,7H,1,4,6,8H2,2H3;. The van der Waals surface area contributed by atoms with Gasteiger partial charge in [-0.3, -0.25) is 4.74 Å². The second kappa shape index (κ2) is 17.7. The van der Waals surface area contributed by atoms with Gasteiger partial charge in [-0.2, -0.15) is 0 Å². The molecule has 1 aliphatic carbocycles. The molecule has 0 aromatic heterocycles. The van der Waals surface area contributed by atoms with E-state index in [2.05, 4.69) is 79.3 Å². The number of unbranched alkanes of at least 4 members (excludes halogenated alkanes) is 2. The van der Waals surface area contributed by atoms with Gasteiger partial charge in [0, 0.05) is 33.8 Å². The summed E-state index contributed by atoms with van der Waals surface area (Å²) in [6.45, 7) is 20.1. The normalized spacial score (nSPS) is 18.2. The summed E-state index contributed by atoms with van der Waals surface area (Å²) in [6, 6.07) is 0. The van der Waals surface area contributed by atoms with Crippen LogP contribution >= 0.6 is 7.05 Å². The molecule has 0 spiro atoms. The monoisotopic (exact) mass is 439 g/mol. The van der Waals surface area contributed by atoms with E-state index in [4.69, 9.17) is 4.74 Å². The molecule has 3 unspecified atom stereocenters. The predicted molar refractivity (Wildman–Crippen MR) is 129 cm³/mol. The quantitative estimate of drug-likeness (QED) is 0.132. The van der Waals surface area contributed by atoms with Crippen molar-refractivity contribution in [3.05, 3.63) is 48.7 Å². The predicted octanol–water partition coefficient (Wildman–Crippen LogP) is 9.34. The molecule has 0 N–H and O–H groups in total. The SMILES string of the molecule is C=CC=CCCCC.CCC(C)P(=NC1=CC=CC1)(C(C)CC)C(C)CC.[Ti]. The summed E-state index contributed by atoms with van der Waals surface area (Å²) in [5.74, 6) is 0. The van der Waals surface area contributed by atoms with E-state index in [0.717, 1.165) is 23.4 Å². The minimum Gasteiger partial charge on any atom is -0.271 e. The van der Waals surface area contributed by atoms with Crippen LogP contribution in [-0.4, -0.2) is 17.0 Å². The van der Waals surface area contributed by atoms with Crippen LogP contribution in [-0.2, 0) is 21.7 Å². The number of rotatable bonds is 11. The topological polar surface area (TPSA) is 12.4 Å². The van der Waals surface area contributed by atoms with E-state index in [0.29, 0.717) is 0 Å². The summed E-state index contributed by atoms with van der Waals surface area (Å²) in [4.78, 5) is 0. The van der Waals surface area contributed by atoms with Crippen LogP contribution in [0, 0.1) is 0 Å². The molecule has 1 rings (SSSR count). The summed E-state index contributed by atoms with van der Waals surface area (Å²) < 4.78 is 5.43. The summed E-state index contributed by atoms with van der Waals surface area (Å²) in [7, 11) is -1.30. The van der Waals surface area contributed by atoms with Gasteiger partial charge in [-0.15, -0.1) is 0 Å². The molecule has 3 atom stereocenters. The minimum absolute atomic E-state index is 0. The Morgan fingerprint density at radius 3 is 1.93 bits per heavy atom. The smallest absolute Gasteiger partial charge is 0.0425 e. The van der Waals surface area contributed by atoms with Gasteiger partial charge in [-0.1, -0.05) is 98.3 Å². The van der Waals surface area contributed by atoms with Gasteiger partial charge in [-0.25, -0.2) is 0 Å². The van der Waals surface area contributed by atoms with Gasteiger partial charge in [0.2, 0.25) is 0 Å². The van der Waals surface area contributed by atoms with E-state index in [1.54, 1.807) is 0 Å². The molecule has 0 radical (unpaired) electrons. The number of allylic oxidation sites excluding steroid dienone is 6. The Kier molecular flexibility index (Phi) is 19.1. The molecule has 0 aromatic rings. The molecule has 28 heavy (non-hydrogen) atoms. The van der Waals surface area contributed by atoms with Crippen LogP contribution in [0.5, 0.6) is 0 Å². The molecule has 0 heterocycles. The molecule has 0 aromatic carbocycles. The average molecular weight is 439 g/mol. The second-order valence-electron chi connectivity index (χ2n) is 7.76. The van der Waals surface area contributed by atoms with E-state index < -0.39 is 7.05 Å². The van der Waals surface area contributed by atoms with E-state index >= 15 is 0 Å². The van der Waals surface area contributed by atoms with E-state index in [-0.39, 0.29) is 21.7 Å². The molecule has 0 bridgehead atoms. The van der Waals surface area contributed by atoms with Crippen molar-refractivity contribution in [2.75, 3.05) is 0 Å². The first-order valence-electron chi connectivity index (χ1n) is 11.2. The van der Waals surface area contributed by atoms with Gasteiger partial charge in [0.25, 0.3) is 0 Å². The number of hydrogen-bond donors (Lipinski definition) is 0. The Morgan fingerprint density at radius 1 is 1.04 bits per heavy atom. The van der Waals surface area contributed by atoms with Gasteiger partial charge in [0.05, 0.1) is 0 Å². The van der Waals surface area contributed by atoms with Crippen LogP contribution in [0.25, 0.3) is 0 Å². The largest absolute Gasteiger partial charge is 0.271 e. The maximum absolute atomic E-state index is 5.43. The van der Waals surface area contributed by atoms with Crippen molar-refractivity contribution in [3.63, 3.8) is 0 Å². The van der Waals surface area contributed by atoms with E-state index in [9.17, 15) is 0 Å². The third kappa shape index (κ3) is 9.60. The maximum atomic E-state index is 5.43. The number of nitrogens with zero attached hydrogens (tertiary/aromatic N) is 1. The molecule has 0 aliphatic heterocycles. The van der Waals surface area contributed by atoms with Crippen molar-refractivity contribution in [1.29, 1.82) is 0 Å². The molecule has 160 valence electrons. The Bertz CT molecular complexity index is 511. The van der Waals surface area contributed by atoms with E-state index in [1.807, 2.05) is 12.2 Å². The average Bonchev–Trinajstić information content (AvgIpc) is 3.21. The fraction of sp³-hybridized carbons (Fsp3) is 0.680. The third-order valence-electron chi connectivity index (χ3n) is 5.94. The van der Waals surface area contributed by atoms with Crippen molar-refractivity contribution in [1.82, 2.24) is 0 Å².